The zero-order chi connectivity index (χ0) is 16.1. The minimum absolute atomic E-state index is 0.0483. The van der Waals surface area contributed by atoms with Crippen molar-refractivity contribution in [2.24, 2.45) is 5.92 Å². The summed E-state index contributed by atoms with van der Waals surface area (Å²) in [5, 5.41) is 6.18. The van der Waals surface area contributed by atoms with Crippen molar-refractivity contribution in [1.82, 2.24) is 10.3 Å². The average molecular weight is 333 g/mol. The van der Waals surface area contributed by atoms with Gasteiger partial charge in [0.1, 0.15) is 5.03 Å². The minimum atomic E-state index is -0.396. The van der Waals surface area contributed by atoms with E-state index in [9.17, 15) is 9.59 Å². The van der Waals surface area contributed by atoms with Gasteiger partial charge in [-0.3, -0.25) is 9.59 Å². The fraction of sp³-hybridized carbons (Fsp3) is 0.588. The molecule has 6 heteroatoms. The van der Waals surface area contributed by atoms with Crippen LogP contribution in [0.25, 0.3) is 0 Å². The first kappa shape index (κ1) is 16.3. The molecule has 2 heterocycles. The molecule has 5 nitrogen and oxygen atoms in total. The number of carbonyl (C=O) groups excluding carboxylic acids is 2. The van der Waals surface area contributed by atoms with Crippen LogP contribution in [-0.2, 0) is 9.59 Å². The van der Waals surface area contributed by atoms with Crippen LogP contribution in [0.1, 0.15) is 44.9 Å². The van der Waals surface area contributed by atoms with Crippen LogP contribution in [0.3, 0.4) is 0 Å². The van der Waals surface area contributed by atoms with Gasteiger partial charge in [0, 0.05) is 19.2 Å². The first-order chi connectivity index (χ1) is 11.2. The fourth-order valence-corrected chi connectivity index (χ4v) is 4.29. The number of pyridine rings is 1. The van der Waals surface area contributed by atoms with Gasteiger partial charge in [-0.05, 0) is 24.5 Å². The molecule has 124 valence electrons. The molecule has 0 radical (unpaired) electrons. The van der Waals surface area contributed by atoms with E-state index in [1.165, 1.54) is 43.9 Å². The zero-order valence-corrected chi connectivity index (χ0v) is 14.0. The van der Waals surface area contributed by atoms with Crippen molar-refractivity contribution in [3.05, 3.63) is 18.3 Å². The van der Waals surface area contributed by atoms with Crippen LogP contribution in [0.2, 0.25) is 0 Å². The predicted octanol–water partition coefficient (Wildman–Crippen LogP) is 2.97. The molecular weight excluding hydrogens is 310 g/mol. The third kappa shape index (κ3) is 4.47. The summed E-state index contributed by atoms with van der Waals surface area (Å²) in [6.07, 6.45) is 9.54. The number of amides is 2. The summed E-state index contributed by atoms with van der Waals surface area (Å²) >= 11 is 1.37. The summed E-state index contributed by atoms with van der Waals surface area (Å²) < 4.78 is 0. The molecule has 2 N–H and O–H groups in total. The average Bonchev–Trinajstić information content (AvgIpc) is 2.56. The molecule has 1 saturated carbocycles. The predicted molar refractivity (Wildman–Crippen MR) is 91.3 cm³/mol. The largest absolute Gasteiger partial charge is 0.356 e. The lowest BCUT2D eigenvalue weighted by molar-refractivity contribution is -0.124. The van der Waals surface area contributed by atoms with Gasteiger partial charge < -0.3 is 10.6 Å². The Morgan fingerprint density at radius 1 is 1.35 bits per heavy atom. The molecule has 1 aliphatic carbocycles. The second kappa shape index (κ2) is 7.81. The van der Waals surface area contributed by atoms with Gasteiger partial charge in [-0.25, -0.2) is 4.98 Å². The zero-order valence-electron chi connectivity index (χ0n) is 13.2. The van der Waals surface area contributed by atoms with Crippen LogP contribution in [0, 0.1) is 5.92 Å². The Hall–Kier alpha value is -1.56. The molecule has 2 aliphatic rings. The number of hydrogen-bond acceptors (Lipinski definition) is 4. The van der Waals surface area contributed by atoms with Gasteiger partial charge >= 0.3 is 0 Å². The van der Waals surface area contributed by atoms with Crippen molar-refractivity contribution in [2.45, 2.75) is 55.2 Å². The molecule has 1 aliphatic heterocycles. The van der Waals surface area contributed by atoms with Crippen molar-refractivity contribution in [3.63, 3.8) is 0 Å². The lowest BCUT2D eigenvalue weighted by Gasteiger charge is -2.23. The number of nitrogens with zero attached hydrogens (tertiary/aromatic N) is 1. The third-order valence-corrected chi connectivity index (χ3v) is 5.76. The van der Waals surface area contributed by atoms with E-state index < -0.39 is 5.25 Å². The molecule has 1 aromatic rings. The maximum atomic E-state index is 12.1. The van der Waals surface area contributed by atoms with Crippen molar-refractivity contribution >= 4 is 29.3 Å². The minimum Gasteiger partial charge on any atom is -0.356 e. The summed E-state index contributed by atoms with van der Waals surface area (Å²) in [4.78, 5) is 28.4. The second-order valence-corrected chi connectivity index (χ2v) is 7.49. The number of hydrogen-bond donors (Lipinski definition) is 2. The van der Waals surface area contributed by atoms with Gasteiger partial charge in [0.15, 0.2) is 0 Å². The molecule has 0 bridgehead atoms. The molecule has 1 unspecified atom stereocenters. The van der Waals surface area contributed by atoms with Crippen molar-refractivity contribution in [1.29, 1.82) is 0 Å². The normalized spacial score (nSPS) is 21.4. The van der Waals surface area contributed by atoms with Crippen LogP contribution in [0.5, 0.6) is 0 Å². The lowest BCUT2D eigenvalue weighted by Crippen LogP contribution is -2.35. The maximum absolute atomic E-state index is 12.1. The van der Waals surface area contributed by atoms with E-state index in [1.54, 1.807) is 12.3 Å². The van der Waals surface area contributed by atoms with E-state index in [4.69, 9.17) is 0 Å². The summed E-state index contributed by atoms with van der Waals surface area (Å²) in [5.41, 5.74) is 0.733. The quantitative estimate of drug-likeness (QED) is 0.869. The van der Waals surface area contributed by atoms with E-state index in [0.29, 0.717) is 0 Å². The molecule has 1 fully saturated rings. The molecular formula is C17H23N3O2S. The van der Waals surface area contributed by atoms with Gasteiger partial charge in [-0.1, -0.05) is 43.9 Å². The first-order valence-electron chi connectivity index (χ1n) is 8.41. The molecule has 0 spiro atoms. The van der Waals surface area contributed by atoms with Crippen molar-refractivity contribution < 1.29 is 9.59 Å². The Labute approximate surface area is 141 Å². The van der Waals surface area contributed by atoms with Crippen LogP contribution < -0.4 is 10.6 Å². The highest BCUT2D eigenvalue weighted by molar-refractivity contribution is 8.00. The smallest absolute Gasteiger partial charge is 0.238 e. The molecule has 23 heavy (non-hydrogen) atoms. The van der Waals surface area contributed by atoms with Crippen LogP contribution in [0.4, 0.5) is 5.69 Å². The van der Waals surface area contributed by atoms with E-state index >= 15 is 0 Å². The summed E-state index contributed by atoms with van der Waals surface area (Å²) in [6.45, 7) is 0.720. The molecule has 2 amide bonds. The van der Waals surface area contributed by atoms with E-state index in [0.717, 1.165) is 29.6 Å². The third-order valence-electron chi connectivity index (χ3n) is 4.55. The van der Waals surface area contributed by atoms with Gasteiger partial charge in [0.25, 0.3) is 0 Å². The number of carbonyl (C=O) groups is 2. The van der Waals surface area contributed by atoms with E-state index in [-0.39, 0.29) is 18.2 Å². The number of rotatable bonds is 5. The van der Waals surface area contributed by atoms with Gasteiger partial charge in [0.2, 0.25) is 11.8 Å². The summed E-state index contributed by atoms with van der Waals surface area (Å²) in [6, 6.07) is 3.62. The van der Waals surface area contributed by atoms with Crippen LogP contribution in [-0.4, -0.2) is 28.6 Å². The first-order valence-corrected chi connectivity index (χ1v) is 9.29. The number of anilines is 1. The Bertz CT molecular complexity index is 573. The molecule has 1 aromatic heterocycles. The monoisotopic (exact) mass is 333 g/mol. The summed E-state index contributed by atoms with van der Waals surface area (Å²) in [7, 11) is 0. The van der Waals surface area contributed by atoms with E-state index in [1.807, 2.05) is 6.07 Å². The maximum Gasteiger partial charge on any atom is 0.238 e. The lowest BCUT2D eigenvalue weighted by atomic mass is 9.87. The van der Waals surface area contributed by atoms with E-state index in [2.05, 4.69) is 15.6 Å². The Kier molecular flexibility index (Phi) is 5.54. The number of nitrogens with one attached hydrogen (secondary N) is 2. The van der Waals surface area contributed by atoms with Crippen molar-refractivity contribution in [2.75, 3.05) is 11.9 Å². The summed E-state index contributed by atoms with van der Waals surface area (Å²) in [5.74, 6) is 0.596. The van der Waals surface area contributed by atoms with Gasteiger partial charge in [-0.15, -0.1) is 0 Å². The molecule has 1 atom stereocenters. The van der Waals surface area contributed by atoms with Crippen molar-refractivity contribution in [3.8, 4) is 0 Å². The highest BCUT2D eigenvalue weighted by atomic mass is 32.2. The molecule has 3 rings (SSSR count). The number of fused-ring (bicyclic) bond motifs is 1. The van der Waals surface area contributed by atoms with Gasteiger partial charge in [-0.2, -0.15) is 0 Å². The Morgan fingerprint density at radius 2 is 2.17 bits per heavy atom. The number of thioether (sulfide) groups is 1. The Morgan fingerprint density at radius 3 is 3.00 bits per heavy atom. The fourth-order valence-electron chi connectivity index (χ4n) is 3.25. The Balaban J connectivity index is 1.43. The highest BCUT2D eigenvalue weighted by Gasteiger charge is 2.29. The SMILES string of the molecule is O=C(CC1Sc2ncccc2NC1=O)NCCC1CCCCC1. The van der Waals surface area contributed by atoms with Crippen LogP contribution >= 0.6 is 11.8 Å². The second-order valence-electron chi connectivity index (χ2n) is 6.30. The van der Waals surface area contributed by atoms with Gasteiger partial charge in [0.05, 0.1) is 10.9 Å². The topological polar surface area (TPSA) is 71.1 Å². The molecule has 0 saturated heterocycles. The van der Waals surface area contributed by atoms with Crippen LogP contribution in [0.15, 0.2) is 23.4 Å². The standard InChI is InChI=1S/C17H23N3O2S/c21-15(18-10-8-12-5-2-1-3-6-12)11-14-16(22)20-13-7-4-9-19-17(13)23-14/h4,7,9,12,14H,1-3,5-6,8,10-11H2,(H,18,21)(H,20,22). The molecule has 0 aromatic carbocycles. The number of aromatic nitrogens is 1. The highest BCUT2D eigenvalue weighted by Crippen LogP contribution is 2.34.